The van der Waals surface area contributed by atoms with Crippen LogP contribution in [0.1, 0.15) is 48.3 Å². The fourth-order valence-corrected chi connectivity index (χ4v) is 5.83. The van der Waals surface area contributed by atoms with Crippen LogP contribution in [0, 0.1) is 13.8 Å². The van der Waals surface area contributed by atoms with Crippen LogP contribution in [0.5, 0.6) is 0 Å². The highest BCUT2D eigenvalue weighted by atomic mass is 32.2. The monoisotopic (exact) mass is 493 g/mol. The fraction of sp³-hybridized carbons (Fsp3) is 0.346. The van der Waals surface area contributed by atoms with Gasteiger partial charge in [0.15, 0.2) is 5.65 Å². The van der Waals surface area contributed by atoms with E-state index in [2.05, 4.69) is 15.1 Å². The topological polar surface area (TPSA) is 105 Å². The number of rotatable bonds is 9. The van der Waals surface area contributed by atoms with E-state index >= 15 is 0 Å². The predicted molar refractivity (Wildman–Crippen MR) is 137 cm³/mol. The average molecular weight is 494 g/mol. The molecule has 4 aromatic rings. The number of sulfonamides is 1. The molecule has 0 aliphatic rings. The van der Waals surface area contributed by atoms with Gasteiger partial charge in [-0.05, 0) is 62.9 Å². The van der Waals surface area contributed by atoms with Crippen molar-refractivity contribution in [2.24, 2.45) is 0 Å². The van der Waals surface area contributed by atoms with Gasteiger partial charge in [-0.3, -0.25) is 4.79 Å². The van der Waals surface area contributed by atoms with Gasteiger partial charge >= 0.3 is 0 Å². The SMILES string of the molecule is Cc1nc2c3ccccc3nn2c(C)c1CCC(=O)NCc1ccccc1CS(=O)(=O)NC(C)C. The zero-order valence-electron chi connectivity index (χ0n) is 20.5. The summed E-state index contributed by atoms with van der Waals surface area (Å²) in [4.78, 5) is 17.4. The normalized spacial score (nSPS) is 12.0. The molecule has 0 saturated heterocycles. The maximum absolute atomic E-state index is 12.7. The molecule has 0 atom stereocenters. The van der Waals surface area contributed by atoms with Crippen molar-refractivity contribution in [3.63, 3.8) is 0 Å². The highest BCUT2D eigenvalue weighted by Crippen LogP contribution is 2.23. The first-order chi connectivity index (χ1) is 16.6. The summed E-state index contributed by atoms with van der Waals surface area (Å²) >= 11 is 0. The zero-order chi connectivity index (χ0) is 25.2. The quantitative estimate of drug-likeness (QED) is 0.371. The van der Waals surface area contributed by atoms with E-state index in [1.807, 2.05) is 54.8 Å². The van der Waals surface area contributed by atoms with Crippen LogP contribution in [0.25, 0.3) is 16.6 Å². The van der Waals surface area contributed by atoms with Gasteiger partial charge in [0.1, 0.15) is 0 Å². The predicted octanol–water partition coefficient (Wildman–Crippen LogP) is 3.58. The lowest BCUT2D eigenvalue weighted by molar-refractivity contribution is -0.121. The first-order valence-electron chi connectivity index (χ1n) is 11.7. The summed E-state index contributed by atoms with van der Waals surface area (Å²) in [5.41, 5.74) is 6.05. The second-order valence-corrected chi connectivity index (χ2v) is 10.8. The highest BCUT2D eigenvalue weighted by molar-refractivity contribution is 7.88. The number of aromatic nitrogens is 3. The molecule has 0 saturated carbocycles. The summed E-state index contributed by atoms with van der Waals surface area (Å²) in [5.74, 6) is -0.230. The lowest BCUT2D eigenvalue weighted by Crippen LogP contribution is -2.32. The van der Waals surface area contributed by atoms with Crippen LogP contribution in [-0.2, 0) is 33.5 Å². The molecule has 2 N–H and O–H groups in total. The van der Waals surface area contributed by atoms with Crippen molar-refractivity contribution in [3.05, 3.63) is 76.6 Å². The van der Waals surface area contributed by atoms with Crippen LogP contribution in [-0.4, -0.2) is 35.0 Å². The molecule has 2 aromatic heterocycles. The number of benzene rings is 2. The van der Waals surface area contributed by atoms with Crippen molar-refractivity contribution in [3.8, 4) is 0 Å². The van der Waals surface area contributed by atoms with Gasteiger partial charge in [0.2, 0.25) is 15.9 Å². The van der Waals surface area contributed by atoms with Crippen molar-refractivity contribution >= 4 is 32.5 Å². The summed E-state index contributed by atoms with van der Waals surface area (Å²) in [6.45, 7) is 7.81. The van der Waals surface area contributed by atoms with E-state index in [4.69, 9.17) is 4.98 Å². The van der Waals surface area contributed by atoms with E-state index in [9.17, 15) is 13.2 Å². The lowest BCUT2D eigenvalue weighted by Gasteiger charge is -2.14. The van der Waals surface area contributed by atoms with Crippen LogP contribution in [0.4, 0.5) is 0 Å². The Kier molecular flexibility index (Phi) is 7.18. The third-order valence-electron chi connectivity index (χ3n) is 5.98. The number of hydrogen-bond acceptors (Lipinski definition) is 5. The minimum Gasteiger partial charge on any atom is -0.352 e. The molecule has 0 aliphatic heterocycles. The van der Waals surface area contributed by atoms with Gasteiger partial charge in [0, 0.05) is 35.8 Å². The smallest absolute Gasteiger partial charge is 0.220 e. The van der Waals surface area contributed by atoms with Crippen molar-refractivity contribution in [1.29, 1.82) is 0 Å². The van der Waals surface area contributed by atoms with Crippen molar-refractivity contribution in [1.82, 2.24) is 24.6 Å². The molecule has 0 unspecified atom stereocenters. The van der Waals surface area contributed by atoms with Crippen LogP contribution in [0.2, 0.25) is 0 Å². The molecule has 0 radical (unpaired) electrons. The second kappa shape index (κ2) is 10.1. The number of amides is 1. The Bertz CT molecular complexity index is 1490. The maximum atomic E-state index is 12.7. The molecule has 184 valence electrons. The van der Waals surface area contributed by atoms with E-state index in [-0.39, 0.29) is 24.2 Å². The minimum absolute atomic E-state index is 0.104. The van der Waals surface area contributed by atoms with Gasteiger partial charge in [0.25, 0.3) is 0 Å². The van der Waals surface area contributed by atoms with Crippen LogP contribution in [0.3, 0.4) is 0 Å². The van der Waals surface area contributed by atoms with E-state index in [0.29, 0.717) is 18.4 Å². The third-order valence-corrected chi connectivity index (χ3v) is 7.50. The zero-order valence-corrected chi connectivity index (χ0v) is 21.3. The Hall–Kier alpha value is -3.30. The Morgan fingerprint density at radius 3 is 2.46 bits per heavy atom. The van der Waals surface area contributed by atoms with Gasteiger partial charge in [-0.2, -0.15) is 5.10 Å². The second-order valence-electron chi connectivity index (χ2n) is 9.09. The highest BCUT2D eigenvalue weighted by Gasteiger charge is 2.17. The Morgan fingerprint density at radius 1 is 1.03 bits per heavy atom. The molecule has 9 heteroatoms. The molecule has 0 bridgehead atoms. The van der Waals surface area contributed by atoms with Gasteiger partial charge in [-0.25, -0.2) is 22.6 Å². The molecule has 35 heavy (non-hydrogen) atoms. The maximum Gasteiger partial charge on any atom is 0.220 e. The number of carbonyl (C=O) groups is 1. The van der Waals surface area contributed by atoms with Crippen molar-refractivity contribution in [2.45, 2.75) is 58.9 Å². The number of aryl methyl sites for hydroxylation is 2. The molecular formula is C26H31N5O3S. The molecule has 2 aromatic carbocycles. The molecule has 0 spiro atoms. The van der Waals surface area contributed by atoms with Crippen LogP contribution >= 0.6 is 0 Å². The Morgan fingerprint density at radius 2 is 1.71 bits per heavy atom. The molecule has 4 rings (SSSR count). The number of hydrogen-bond donors (Lipinski definition) is 2. The molecule has 0 fully saturated rings. The first-order valence-corrected chi connectivity index (χ1v) is 13.4. The standard InChI is InChI=1S/C26H31N5O3S/c1-17(2)30-35(33,34)16-21-10-6-5-9-20(21)15-27-25(32)14-13-22-18(3)28-26-23-11-7-8-12-24(23)29-31(26)19(22)4/h5-12,17,30H,13-16H2,1-4H3,(H,27,32). The van der Waals surface area contributed by atoms with Gasteiger partial charge in [-0.1, -0.05) is 36.4 Å². The van der Waals surface area contributed by atoms with Gasteiger partial charge in [0.05, 0.1) is 11.3 Å². The minimum atomic E-state index is -3.46. The van der Waals surface area contributed by atoms with Gasteiger partial charge in [-0.15, -0.1) is 0 Å². The number of carbonyl (C=O) groups excluding carboxylic acids is 1. The Labute approximate surface area is 205 Å². The van der Waals surface area contributed by atoms with Crippen molar-refractivity contribution < 1.29 is 13.2 Å². The molecule has 2 heterocycles. The summed E-state index contributed by atoms with van der Waals surface area (Å²) in [7, 11) is -3.46. The summed E-state index contributed by atoms with van der Waals surface area (Å²) in [6.07, 6.45) is 0.835. The van der Waals surface area contributed by atoms with Crippen LogP contribution in [0.15, 0.2) is 48.5 Å². The third kappa shape index (κ3) is 5.68. The number of nitrogens with zero attached hydrogens (tertiary/aromatic N) is 3. The van der Waals surface area contributed by atoms with E-state index in [1.54, 1.807) is 26.0 Å². The lowest BCUT2D eigenvalue weighted by atomic mass is 10.1. The summed E-state index contributed by atoms with van der Waals surface area (Å²) in [5, 5.41) is 8.62. The molecular weight excluding hydrogens is 462 g/mol. The summed E-state index contributed by atoms with van der Waals surface area (Å²) in [6, 6.07) is 15.0. The molecule has 8 nitrogen and oxygen atoms in total. The van der Waals surface area contributed by atoms with E-state index < -0.39 is 10.0 Å². The Balaban J connectivity index is 1.43. The van der Waals surface area contributed by atoms with E-state index in [1.165, 1.54) is 0 Å². The fourth-order valence-electron chi connectivity index (χ4n) is 4.34. The average Bonchev–Trinajstić information content (AvgIpc) is 3.16. The van der Waals surface area contributed by atoms with Gasteiger partial charge < -0.3 is 5.32 Å². The molecule has 0 aliphatic carbocycles. The largest absolute Gasteiger partial charge is 0.352 e. The number of fused-ring (bicyclic) bond motifs is 3. The van der Waals surface area contributed by atoms with Crippen LogP contribution < -0.4 is 10.0 Å². The van der Waals surface area contributed by atoms with Crippen molar-refractivity contribution in [2.75, 3.05) is 0 Å². The summed E-state index contributed by atoms with van der Waals surface area (Å²) < 4.78 is 29.2. The van der Waals surface area contributed by atoms with E-state index in [0.717, 1.165) is 39.1 Å². The number of nitrogens with one attached hydrogen (secondary N) is 2. The first kappa shape index (κ1) is 24.8. The molecule has 1 amide bonds.